The van der Waals surface area contributed by atoms with Crippen molar-refractivity contribution >= 4 is 21.8 Å². The van der Waals surface area contributed by atoms with E-state index in [2.05, 4.69) is 20.1 Å². The fourth-order valence-corrected chi connectivity index (χ4v) is 5.12. The van der Waals surface area contributed by atoms with Gasteiger partial charge in [0.05, 0.1) is 12.6 Å². The molecule has 2 heterocycles. The number of rotatable bonds is 9. The Kier molecular flexibility index (Phi) is 6.78. The molecule has 0 radical (unpaired) electrons. The number of ether oxygens (including phenoxy) is 1. The second-order valence-corrected chi connectivity index (χ2v) is 9.26. The van der Waals surface area contributed by atoms with Crippen molar-refractivity contribution in [2.45, 2.75) is 36.9 Å². The second kappa shape index (κ2) is 9.14. The molecular formula is C18H22FN5O4S2. The van der Waals surface area contributed by atoms with Crippen LogP contribution >= 0.6 is 11.8 Å². The highest BCUT2D eigenvalue weighted by atomic mass is 32.2. The first-order valence-corrected chi connectivity index (χ1v) is 11.5. The zero-order valence-electron chi connectivity index (χ0n) is 16.9. The molecule has 0 fully saturated rings. The van der Waals surface area contributed by atoms with Gasteiger partial charge in [0.1, 0.15) is 22.2 Å². The molecule has 0 bridgehead atoms. The summed E-state index contributed by atoms with van der Waals surface area (Å²) in [5.74, 6) is 1.54. The Bertz CT molecular complexity index is 1090. The maximum atomic E-state index is 12.9. The van der Waals surface area contributed by atoms with Gasteiger partial charge >= 0.3 is 0 Å². The first kappa shape index (κ1) is 22.2. The fourth-order valence-electron chi connectivity index (χ4n) is 2.85. The minimum Gasteiger partial charge on any atom is -0.493 e. The van der Waals surface area contributed by atoms with Crippen LogP contribution in [0.1, 0.15) is 30.2 Å². The number of hydrogen-bond donors (Lipinski definition) is 1. The van der Waals surface area contributed by atoms with Gasteiger partial charge in [0.25, 0.3) is 0 Å². The molecule has 1 N–H and O–H groups in total. The van der Waals surface area contributed by atoms with Gasteiger partial charge in [-0.15, -0.1) is 10.2 Å². The number of aromatic nitrogens is 4. The molecule has 0 amide bonds. The summed E-state index contributed by atoms with van der Waals surface area (Å²) < 4.78 is 53.1. The van der Waals surface area contributed by atoms with Crippen LogP contribution < -0.4 is 9.46 Å². The highest BCUT2D eigenvalue weighted by Crippen LogP contribution is 2.23. The molecule has 0 unspecified atom stereocenters. The lowest BCUT2D eigenvalue weighted by molar-refractivity contribution is 0.343. The van der Waals surface area contributed by atoms with Gasteiger partial charge in [-0.25, -0.2) is 17.5 Å². The molecular weight excluding hydrogens is 433 g/mol. The molecule has 162 valence electrons. The van der Waals surface area contributed by atoms with Crippen LogP contribution in [-0.2, 0) is 17.1 Å². The molecule has 0 aliphatic carbocycles. The lowest BCUT2D eigenvalue weighted by atomic mass is 10.3. The van der Waals surface area contributed by atoms with Crippen LogP contribution in [0.5, 0.6) is 5.75 Å². The Labute approximate surface area is 178 Å². The van der Waals surface area contributed by atoms with E-state index < -0.39 is 16.1 Å². The smallest absolute Gasteiger partial charge is 0.246 e. The number of hydrogen-bond acceptors (Lipinski definition) is 8. The molecule has 0 saturated heterocycles. The number of sulfonamides is 1. The molecule has 3 aromatic rings. The van der Waals surface area contributed by atoms with E-state index in [4.69, 9.17) is 9.26 Å². The van der Waals surface area contributed by atoms with Gasteiger partial charge in [-0.2, -0.15) is 0 Å². The van der Waals surface area contributed by atoms with Gasteiger partial charge in [0.15, 0.2) is 16.7 Å². The monoisotopic (exact) mass is 455 g/mol. The van der Waals surface area contributed by atoms with E-state index in [-0.39, 0.29) is 16.5 Å². The highest BCUT2D eigenvalue weighted by molar-refractivity contribution is 7.99. The van der Waals surface area contributed by atoms with Crippen molar-refractivity contribution in [1.29, 1.82) is 0 Å². The SMILES string of the molecule is Cc1noc(C)c1S(=O)(=O)N[C@H](C)c1nnc(SCCOc2ccc(F)cc2)n1C. The number of benzene rings is 1. The van der Waals surface area contributed by atoms with Crippen LogP contribution in [0, 0.1) is 19.7 Å². The Morgan fingerprint density at radius 2 is 1.97 bits per heavy atom. The maximum Gasteiger partial charge on any atom is 0.246 e. The van der Waals surface area contributed by atoms with Gasteiger partial charge in [-0.05, 0) is 45.0 Å². The summed E-state index contributed by atoms with van der Waals surface area (Å²) in [5, 5.41) is 12.6. The van der Waals surface area contributed by atoms with Crippen LogP contribution in [0.25, 0.3) is 0 Å². The second-order valence-electron chi connectivity index (χ2n) is 6.55. The van der Waals surface area contributed by atoms with Crippen molar-refractivity contribution in [2.24, 2.45) is 7.05 Å². The van der Waals surface area contributed by atoms with E-state index in [1.807, 2.05) is 0 Å². The van der Waals surface area contributed by atoms with Gasteiger partial charge < -0.3 is 13.8 Å². The molecule has 1 aromatic carbocycles. The minimum absolute atomic E-state index is 0.0315. The van der Waals surface area contributed by atoms with E-state index in [1.54, 1.807) is 44.5 Å². The quantitative estimate of drug-likeness (QED) is 0.387. The standard InChI is InChI=1S/C18H22FN5O4S2/c1-11-16(13(3)28-22-11)30(25,26)23-12(2)17-20-21-18(24(17)4)29-10-9-27-15-7-5-14(19)6-8-15/h5-8,12,23H,9-10H2,1-4H3/t12-/m1/s1. The molecule has 3 rings (SSSR count). The van der Waals surface area contributed by atoms with Gasteiger partial charge in [-0.3, -0.25) is 0 Å². The Morgan fingerprint density at radius 3 is 2.60 bits per heavy atom. The Morgan fingerprint density at radius 1 is 1.27 bits per heavy atom. The van der Waals surface area contributed by atoms with Crippen LogP contribution in [0.4, 0.5) is 4.39 Å². The number of nitrogens with one attached hydrogen (secondary N) is 1. The summed E-state index contributed by atoms with van der Waals surface area (Å²) in [7, 11) is -2.07. The topological polar surface area (TPSA) is 112 Å². The normalized spacial score (nSPS) is 12.8. The highest BCUT2D eigenvalue weighted by Gasteiger charge is 2.28. The van der Waals surface area contributed by atoms with E-state index in [1.165, 1.54) is 23.9 Å². The largest absolute Gasteiger partial charge is 0.493 e. The number of halogens is 1. The van der Waals surface area contributed by atoms with Crippen molar-refractivity contribution in [3.63, 3.8) is 0 Å². The van der Waals surface area contributed by atoms with E-state index in [9.17, 15) is 12.8 Å². The summed E-state index contributed by atoms with van der Waals surface area (Å²) in [6, 6.07) is 5.18. The predicted octanol–water partition coefficient (Wildman–Crippen LogP) is 2.77. The van der Waals surface area contributed by atoms with E-state index in [0.717, 1.165) is 0 Å². The fraction of sp³-hybridized carbons (Fsp3) is 0.389. The van der Waals surface area contributed by atoms with Crippen LogP contribution in [-0.4, -0.2) is 40.7 Å². The first-order chi connectivity index (χ1) is 14.2. The predicted molar refractivity (Wildman–Crippen MR) is 108 cm³/mol. The first-order valence-electron chi connectivity index (χ1n) is 9.04. The molecule has 1 atom stereocenters. The van der Waals surface area contributed by atoms with E-state index in [0.29, 0.717) is 34.8 Å². The zero-order valence-corrected chi connectivity index (χ0v) is 18.6. The van der Waals surface area contributed by atoms with Gasteiger partial charge in [-0.1, -0.05) is 16.9 Å². The average molecular weight is 456 g/mol. The summed E-state index contributed by atoms with van der Waals surface area (Å²) in [5.41, 5.74) is 0.294. The molecule has 0 aliphatic rings. The van der Waals surface area contributed by atoms with Crippen molar-refractivity contribution in [1.82, 2.24) is 24.6 Å². The zero-order chi connectivity index (χ0) is 21.9. The molecule has 12 heteroatoms. The van der Waals surface area contributed by atoms with E-state index >= 15 is 0 Å². The molecule has 0 aliphatic heterocycles. The maximum absolute atomic E-state index is 12.9. The third kappa shape index (κ3) is 4.99. The van der Waals surface area contributed by atoms with Crippen LogP contribution in [0.15, 0.2) is 38.8 Å². The number of aryl methyl sites for hydroxylation is 2. The molecule has 2 aromatic heterocycles. The molecule has 9 nitrogen and oxygen atoms in total. The molecule has 30 heavy (non-hydrogen) atoms. The lowest BCUT2D eigenvalue weighted by Crippen LogP contribution is -2.29. The molecule has 0 spiro atoms. The minimum atomic E-state index is -3.83. The Hall–Kier alpha value is -2.44. The number of thioether (sulfide) groups is 1. The van der Waals surface area contributed by atoms with Crippen molar-refractivity contribution in [2.75, 3.05) is 12.4 Å². The average Bonchev–Trinajstić information content (AvgIpc) is 3.22. The lowest BCUT2D eigenvalue weighted by Gasteiger charge is -2.13. The van der Waals surface area contributed by atoms with Crippen LogP contribution in [0.3, 0.4) is 0 Å². The van der Waals surface area contributed by atoms with Crippen molar-refractivity contribution in [3.05, 3.63) is 47.4 Å². The Balaban J connectivity index is 1.59. The third-order valence-corrected chi connectivity index (χ3v) is 6.99. The molecule has 0 saturated carbocycles. The summed E-state index contributed by atoms with van der Waals surface area (Å²) in [6.07, 6.45) is 0. The van der Waals surface area contributed by atoms with Gasteiger partial charge in [0.2, 0.25) is 10.0 Å². The number of nitrogens with zero attached hydrogens (tertiary/aromatic N) is 4. The summed E-state index contributed by atoms with van der Waals surface area (Å²) in [4.78, 5) is 0.0315. The van der Waals surface area contributed by atoms with Gasteiger partial charge in [0, 0.05) is 12.8 Å². The van der Waals surface area contributed by atoms with Crippen LogP contribution in [0.2, 0.25) is 0 Å². The summed E-state index contributed by atoms with van der Waals surface area (Å²) in [6.45, 7) is 5.20. The van der Waals surface area contributed by atoms with Crippen molar-refractivity contribution in [3.8, 4) is 5.75 Å². The third-order valence-electron chi connectivity index (χ3n) is 4.22. The van der Waals surface area contributed by atoms with Crippen molar-refractivity contribution < 1.29 is 22.1 Å². The summed E-state index contributed by atoms with van der Waals surface area (Å²) >= 11 is 1.42.